The first kappa shape index (κ1) is 14.0. The van der Waals surface area contributed by atoms with Crippen LogP contribution in [0.5, 0.6) is 0 Å². The number of benzene rings is 2. The number of nitrogens with one attached hydrogen (secondary N) is 1. The number of para-hydroxylation sites is 3. The van der Waals surface area contributed by atoms with E-state index in [9.17, 15) is 0 Å². The van der Waals surface area contributed by atoms with Gasteiger partial charge in [0, 0.05) is 6.54 Å². The largest absolute Gasteiger partial charge is 0.316 e. The zero-order chi connectivity index (χ0) is 14.8. The van der Waals surface area contributed by atoms with Crippen LogP contribution < -0.4 is 13.9 Å². The van der Waals surface area contributed by atoms with Crippen molar-refractivity contribution in [3.63, 3.8) is 0 Å². The Labute approximate surface area is 136 Å². The van der Waals surface area contributed by atoms with Gasteiger partial charge in [0.05, 0.1) is 29.2 Å². The average molecular weight is 311 g/mol. The summed E-state index contributed by atoms with van der Waals surface area (Å²) in [6.45, 7) is 3.43. The van der Waals surface area contributed by atoms with Gasteiger partial charge < -0.3 is 5.32 Å². The third-order valence-electron chi connectivity index (χ3n) is 4.36. The lowest BCUT2D eigenvalue weighted by molar-refractivity contribution is 0.388. The number of hydrogen-bond donors (Lipinski definition) is 1. The number of anilines is 3. The molecule has 1 atom stereocenters. The molecule has 2 heterocycles. The molecule has 1 saturated heterocycles. The SMILES string of the molecule is c1ccc(N2SN(CC3CCCNC3)c3ccccc32)cc1. The lowest BCUT2D eigenvalue weighted by atomic mass is 9.99. The molecule has 0 aromatic heterocycles. The lowest BCUT2D eigenvalue weighted by Gasteiger charge is -2.28. The molecule has 3 nitrogen and oxygen atoms in total. The van der Waals surface area contributed by atoms with Gasteiger partial charge >= 0.3 is 0 Å². The van der Waals surface area contributed by atoms with Crippen LogP contribution in [0.1, 0.15) is 12.8 Å². The Balaban J connectivity index is 1.59. The third kappa shape index (κ3) is 2.69. The Morgan fingerprint density at radius 3 is 2.55 bits per heavy atom. The van der Waals surface area contributed by atoms with E-state index < -0.39 is 0 Å². The van der Waals surface area contributed by atoms with Crippen LogP contribution in [0.15, 0.2) is 54.6 Å². The van der Waals surface area contributed by atoms with Gasteiger partial charge in [-0.25, -0.2) is 0 Å². The molecule has 2 aromatic rings. The zero-order valence-corrected chi connectivity index (χ0v) is 13.4. The fourth-order valence-corrected chi connectivity index (χ4v) is 4.40. The maximum atomic E-state index is 3.53. The zero-order valence-electron chi connectivity index (χ0n) is 12.6. The van der Waals surface area contributed by atoms with Crippen LogP contribution in [0.2, 0.25) is 0 Å². The molecule has 4 heteroatoms. The molecule has 0 radical (unpaired) electrons. The Morgan fingerprint density at radius 1 is 1.00 bits per heavy atom. The molecule has 1 unspecified atom stereocenters. The van der Waals surface area contributed by atoms with Crippen molar-refractivity contribution >= 4 is 29.2 Å². The Hall–Kier alpha value is -1.65. The van der Waals surface area contributed by atoms with Gasteiger partial charge in [0.25, 0.3) is 0 Å². The number of hydrogen-bond acceptors (Lipinski definition) is 4. The highest BCUT2D eigenvalue weighted by Gasteiger charge is 2.30. The summed E-state index contributed by atoms with van der Waals surface area (Å²) in [5, 5.41) is 3.53. The summed E-state index contributed by atoms with van der Waals surface area (Å²) in [5.41, 5.74) is 3.87. The Bertz CT molecular complexity index is 625. The smallest absolute Gasteiger partial charge is 0.0784 e. The fourth-order valence-electron chi connectivity index (χ4n) is 3.23. The van der Waals surface area contributed by atoms with Crippen molar-refractivity contribution in [2.45, 2.75) is 12.8 Å². The molecule has 1 N–H and O–H groups in total. The predicted octanol–water partition coefficient (Wildman–Crippen LogP) is 4.21. The number of rotatable bonds is 3. The van der Waals surface area contributed by atoms with Crippen LogP contribution in [0.4, 0.5) is 17.1 Å². The van der Waals surface area contributed by atoms with Crippen LogP contribution in [-0.2, 0) is 0 Å². The number of fused-ring (bicyclic) bond motifs is 1. The summed E-state index contributed by atoms with van der Waals surface area (Å²) >= 11 is 1.83. The molecule has 2 aromatic carbocycles. The number of piperidine rings is 1. The van der Waals surface area contributed by atoms with E-state index in [0.717, 1.165) is 19.0 Å². The first-order chi connectivity index (χ1) is 10.9. The molecule has 0 bridgehead atoms. The topological polar surface area (TPSA) is 18.5 Å². The second-order valence-electron chi connectivity index (χ2n) is 5.97. The highest BCUT2D eigenvalue weighted by atomic mass is 32.2. The van der Waals surface area contributed by atoms with Gasteiger partial charge in [0.15, 0.2) is 0 Å². The van der Waals surface area contributed by atoms with Crippen LogP contribution in [0, 0.1) is 5.92 Å². The second-order valence-corrected chi connectivity index (χ2v) is 6.94. The molecule has 0 spiro atoms. The summed E-state index contributed by atoms with van der Waals surface area (Å²) in [7, 11) is 0. The average Bonchev–Trinajstić information content (AvgIpc) is 2.96. The van der Waals surface area contributed by atoms with E-state index in [1.165, 1.54) is 36.4 Å². The van der Waals surface area contributed by atoms with E-state index in [4.69, 9.17) is 0 Å². The molecule has 22 heavy (non-hydrogen) atoms. The van der Waals surface area contributed by atoms with Crippen molar-refractivity contribution in [1.82, 2.24) is 5.32 Å². The van der Waals surface area contributed by atoms with Gasteiger partial charge in [-0.05, 0) is 56.1 Å². The minimum absolute atomic E-state index is 0.741. The summed E-state index contributed by atoms with van der Waals surface area (Å²) in [6, 6.07) is 19.3. The molecular formula is C18H21N3S. The minimum Gasteiger partial charge on any atom is -0.316 e. The van der Waals surface area contributed by atoms with Crippen molar-refractivity contribution in [2.24, 2.45) is 5.92 Å². The third-order valence-corrected chi connectivity index (χ3v) is 5.48. The standard InChI is InChI=1S/C18H21N3S/c1-2-8-16(9-3-1)21-18-11-5-4-10-17(18)20(22-21)14-15-7-6-12-19-13-15/h1-5,8-11,15,19H,6-7,12-14H2. The van der Waals surface area contributed by atoms with Crippen molar-refractivity contribution in [2.75, 3.05) is 28.2 Å². The predicted molar refractivity (Wildman–Crippen MR) is 95.6 cm³/mol. The van der Waals surface area contributed by atoms with Gasteiger partial charge in [-0.1, -0.05) is 30.3 Å². The Morgan fingerprint density at radius 2 is 1.77 bits per heavy atom. The normalized spacial score (nSPS) is 21.0. The molecule has 4 rings (SSSR count). The molecule has 0 saturated carbocycles. The summed E-state index contributed by atoms with van der Waals surface area (Å²) in [4.78, 5) is 0. The maximum Gasteiger partial charge on any atom is 0.0784 e. The summed E-state index contributed by atoms with van der Waals surface area (Å²) < 4.78 is 4.80. The van der Waals surface area contributed by atoms with Gasteiger partial charge in [-0.2, -0.15) is 0 Å². The van der Waals surface area contributed by atoms with E-state index in [2.05, 4.69) is 68.5 Å². The van der Waals surface area contributed by atoms with Crippen molar-refractivity contribution in [3.05, 3.63) is 54.6 Å². The molecule has 2 aliphatic heterocycles. The highest BCUT2D eigenvalue weighted by Crippen LogP contribution is 2.49. The first-order valence-electron chi connectivity index (χ1n) is 8.02. The molecular weight excluding hydrogens is 290 g/mol. The van der Waals surface area contributed by atoms with E-state index in [1.807, 2.05) is 12.1 Å². The minimum atomic E-state index is 0.741. The van der Waals surface area contributed by atoms with Gasteiger partial charge in [-0.3, -0.25) is 8.61 Å². The van der Waals surface area contributed by atoms with Crippen molar-refractivity contribution < 1.29 is 0 Å². The van der Waals surface area contributed by atoms with Crippen LogP contribution in [0.25, 0.3) is 0 Å². The van der Waals surface area contributed by atoms with Crippen LogP contribution in [-0.4, -0.2) is 19.6 Å². The Kier molecular flexibility index (Phi) is 3.95. The maximum absolute atomic E-state index is 3.53. The van der Waals surface area contributed by atoms with E-state index in [1.54, 1.807) is 0 Å². The molecule has 114 valence electrons. The fraction of sp³-hybridized carbons (Fsp3) is 0.333. The van der Waals surface area contributed by atoms with E-state index in [-0.39, 0.29) is 0 Å². The van der Waals surface area contributed by atoms with Crippen LogP contribution >= 0.6 is 12.1 Å². The number of nitrogens with zero attached hydrogens (tertiary/aromatic N) is 2. The monoisotopic (exact) mass is 311 g/mol. The van der Waals surface area contributed by atoms with Crippen molar-refractivity contribution in [3.8, 4) is 0 Å². The first-order valence-corrected chi connectivity index (χ1v) is 8.75. The lowest BCUT2D eigenvalue weighted by Crippen LogP contribution is -2.35. The second kappa shape index (κ2) is 6.23. The van der Waals surface area contributed by atoms with E-state index in [0.29, 0.717) is 0 Å². The highest BCUT2D eigenvalue weighted by molar-refractivity contribution is 8.02. The quantitative estimate of drug-likeness (QED) is 0.856. The van der Waals surface area contributed by atoms with E-state index >= 15 is 0 Å². The van der Waals surface area contributed by atoms with Gasteiger partial charge in [0.1, 0.15) is 0 Å². The summed E-state index contributed by atoms with van der Waals surface area (Å²) in [5.74, 6) is 0.741. The summed E-state index contributed by atoms with van der Waals surface area (Å²) in [6.07, 6.45) is 2.63. The molecule has 1 fully saturated rings. The van der Waals surface area contributed by atoms with Crippen molar-refractivity contribution in [1.29, 1.82) is 0 Å². The molecule has 0 amide bonds. The van der Waals surface area contributed by atoms with Gasteiger partial charge in [0.2, 0.25) is 0 Å². The van der Waals surface area contributed by atoms with Gasteiger partial charge in [-0.15, -0.1) is 0 Å². The van der Waals surface area contributed by atoms with Crippen LogP contribution in [0.3, 0.4) is 0 Å². The molecule has 0 aliphatic carbocycles. The molecule has 2 aliphatic rings.